The standard InChI is InChI=1S/C30H26N2.C5H8O2.Ir/c1-3-30(4-2)25-15-9-8-14-23(25)24-19-18-21(20-26(24)30)29-31-27-16-10-11-17-28(27)32(29)22-12-6-5-7-13-22;1-4(6)3-5(2)7;/h5-20H,3-4H2,1-2H3;3H2,1-2H3;. The molecule has 0 amide bonds. The smallest absolute Gasteiger partial charge is 0.145 e. The van der Waals surface area contributed by atoms with Crippen molar-refractivity contribution in [2.75, 3.05) is 0 Å². The monoisotopic (exact) mass is 707 g/mol. The third-order valence-electron chi connectivity index (χ3n) is 7.81. The number of aromatic nitrogens is 2. The van der Waals surface area contributed by atoms with Crippen LogP contribution in [0.3, 0.4) is 0 Å². The first kappa shape index (κ1) is 29.3. The zero-order chi connectivity index (χ0) is 27.6. The van der Waals surface area contributed by atoms with Crippen LogP contribution in [0.5, 0.6) is 0 Å². The number of imidazole rings is 1. The Hall–Kier alpha value is -3.66. The van der Waals surface area contributed by atoms with Gasteiger partial charge in [0, 0.05) is 36.8 Å². The van der Waals surface area contributed by atoms with Crippen LogP contribution in [0.15, 0.2) is 97.1 Å². The van der Waals surface area contributed by atoms with Crippen LogP contribution >= 0.6 is 0 Å². The second kappa shape index (κ2) is 12.2. The predicted octanol–water partition coefficient (Wildman–Crippen LogP) is 8.33. The summed E-state index contributed by atoms with van der Waals surface area (Å²) in [5, 5.41) is 0. The summed E-state index contributed by atoms with van der Waals surface area (Å²) in [6.45, 7) is 7.45. The predicted molar refractivity (Wildman–Crippen MR) is 159 cm³/mol. The van der Waals surface area contributed by atoms with E-state index in [4.69, 9.17) is 4.98 Å². The molecule has 6 rings (SSSR count). The summed E-state index contributed by atoms with van der Waals surface area (Å²) >= 11 is 0. The van der Waals surface area contributed by atoms with Gasteiger partial charge in [-0.2, -0.15) is 0 Å². The van der Waals surface area contributed by atoms with Crippen molar-refractivity contribution in [3.05, 3.63) is 108 Å². The Morgan fingerprint density at radius 3 is 1.98 bits per heavy atom. The summed E-state index contributed by atoms with van der Waals surface area (Å²) < 4.78 is 2.29. The van der Waals surface area contributed by atoms with Crippen molar-refractivity contribution in [1.29, 1.82) is 0 Å². The zero-order valence-corrected chi connectivity index (χ0v) is 25.8. The molecule has 0 atom stereocenters. The number of Topliss-reactive ketones (excluding diaryl/α,β-unsaturated/α-hetero) is 2. The maximum absolute atomic E-state index is 10.0. The number of para-hydroxylation sites is 3. The molecule has 0 saturated heterocycles. The van der Waals surface area contributed by atoms with E-state index in [9.17, 15) is 9.59 Å². The molecule has 1 radical (unpaired) electrons. The number of carbonyl (C=O) groups is 2. The van der Waals surface area contributed by atoms with E-state index < -0.39 is 0 Å². The average Bonchev–Trinajstić information content (AvgIpc) is 3.47. The Balaban J connectivity index is 0.000000413. The largest absolute Gasteiger partial charge is 0.300 e. The second-order valence-electron chi connectivity index (χ2n) is 10.3. The molecule has 40 heavy (non-hydrogen) atoms. The minimum absolute atomic E-state index is 0. The summed E-state index contributed by atoms with van der Waals surface area (Å²) in [5.74, 6) is 0.872. The van der Waals surface area contributed by atoms with Gasteiger partial charge in [0.1, 0.15) is 17.4 Å². The van der Waals surface area contributed by atoms with E-state index in [1.807, 2.05) is 0 Å². The van der Waals surface area contributed by atoms with Crippen LogP contribution in [0, 0.1) is 0 Å². The van der Waals surface area contributed by atoms with Crippen molar-refractivity contribution in [3.8, 4) is 28.2 Å². The molecule has 0 aliphatic heterocycles. The molecular weight excluding hydrogens is 673 g/mol. The first-order chi connectivity index (χ1) is 18.9. The molecule has 0 fully saturated rings. The van der Waals surface area contributed by atoms with Gasteiger partial charge >= 0.3 is 0 Å². The number of carbonyl (C=O) groups excluding carboxylic acids is 2. The third kappa shape index (κ3) is 5.24. The first-order valence-corrected chi connectivity index (χ1v) is 13.7. The van der Waals surface area contributed by atoms with Gasteiger partial charge in [-0.1, -0.05) is 80.6 Å². The Labute approximate surface area is 249 Å². The van der Waals surface area contributed by atoms with Crippen molar-refractivity contribution < 1.29 is 29.7 Å². The number of benzene rings is 4. The minimum Gasteiger partial charge on any atom is -0.300 e. The van der Waals surface area contributed by atoms with E-state index in [0.717, 1.165) is 35.4 Å². The molecular formula is C35H34IrN2O2. The second-order valence-corrected chi connectivity index (χ2v) is 10.3. The summed E-state index contributed by atoms with van der Waals surface area (Å²) in [6, 6.07) is 34.9. The van der Waals surface area contributed by atoms with Crippen molar-refractivity contribution in [1.82, 2.24) is 9.55 Å². The van der Waals surface area contributed by atoms with Gasteiger partial charge in [-0.25, -0.2) is 4.98 Å². The van der Waals surface area contributed by atoms with Crippen molar-refractivity contribution in [3.63, 3.8) is 0 Å². The summed E-state index contributed by atoms with van der Waals surface area (Å²) in [4.78, 5) is 25.2. The van der Waals surface area contributed by atoms with E-state index in [1.165, 1.54) is 41.7 Å². The maximum atomic E-state index is 10.0. The van der Waals surface area contributed by atoms with Crippen LogP contribution in [0.4, 0.5) is 0 Å². The van der Waals surface area contributed by atoms with Crippen molar-refractivity contribution >= 4 is 22.6 Å². The molecule has 0 bridgehead atoms. The quantitative estimate of drug-likeness (QED) is 0.167. The fourth-order valence-corrected chi connectivity index (χ4v) is 6.01. The Morgan fingerprint density at radius 1 is 0.725 bits per heavy atom. The Kier molecular flexibility index (Phi) is 8.98. The van der Waals surface area contributed by atoms with E-state index >= 15 is 0 Å². The fraction of sp³-hybridized carbons (Fsp3) is 0.229. The van der Waals surface area contributed by atoms with E-state index in [0.29, 0.717) is 0 Å². The van der Waals surface area contributed by atoms with Crippen molar-refractivity contribution in [2.24, 2.45) is 0 Å². The summed E-state index contributed by atoms with van der Waals surface area (Å²) in [5.41, 5.74) is 10.2. The molecule has 1 aliphatic carbocycles. The number of ketones is 2. The van der Waals surface area contributed by atoms with E-state index in [-0.39, 0.29) is 43.5 Å². The van der Waals surface area contributed by atoms with Crippen LogP contribution in [-0.4, -0.2) is 21.1 Å². The molecule has 5 heteroatoms. The van der Waals surface area contributed by atoms with Gasteiger partial charge in [0.25, 0.3) is 0 Å². The molecule has 1 aromatic heterocycles. The van der Waals surface area contributed by atoms with Gasteiger partial charge in [0.15, 0.2) is 0 Å². The van der Waals surface area contributed by atoms with Gasteiger partial charge in [-0.15, -0.1) is 0 Å². The molecule has 0 N–H and O–H groups in total. The van der Waals surface area contributed by atoms with Crippen LogP contribution in [0.2, 0.25) is 0 Å². The normalized spacial score (nSPS) is 12.5. The minimum atomic E-state index is -0.0625. The van der Waals surface area contributed by atoms with Crippen molar-refractivity contribution in [2.45, 2.75) is 52.4 Å². The average molecular weight is 707 g/mol. The number of fused-ring (bicyclic) bond motifs is 4. The van der Waals surface area contributed by atoms with Gasteiger partial charge in [-0.05, 0) is 79.3 Å². The molecule has 5 aromatic rings. The van der Waals surface area contributed by atoms with Gasteiger partial charge in [0.2, 0.25) is 0 Å². The van der Waals surface area contributed by atoms with Crippen LogP contribution < -0.4 is 0 Å². The van der Waals surface area contributed by atoms with E-state index in [2.05, 4.69) is 115 Å². The number of nitrogens with zero attached hydrogens (tertiary/aromatic N) is 2. The van der Waals surface area contributed by atoms with Gasteiger partial charge in [-0.3, -0.25) is 14.2 Å². The SMILES string of the molecule is CC(=O)CC(C)=O.CCC1(CC)c2ccccc2-c2ccc(-c3nc4ccccc4n3-c3ccccc3)cc21.[Ir]. The van der Waals surface area contributed by atoms with Gasteiger partial charge in [0.05, 0.1) is 17.5 Å². The zero-order valence-electron chi connectivity index (χ0n) is 23.4. The topological polar surface area (TPSA) is 52.0 Å². The first-order valence-electron chi connectivity index (χ1n) is 13.7. The van der Waals surface area contributed by atoms with Crippen LogP contribution in [0.25, 0.3) is 39.2 Å². The number of rotatable bonds is 6. The Morgan fingerprint density at radius 2 is 1.32 bits per heavy atom. The molecule has 0 unspecified atom stereocenters. The fourth-order valence-electron chi connectivity index (χ4n) is 6.01. The molecule has 4 aromatic carbocycles. The molecule has 4 nitrogen and oxygen atoms in total. The molecule has 0 spiro atoms. The summed E-state index contributed by atoms with van der Waals surface area (Å²) in [7, 11) is 0. The van der Waals surface area contributed by atoms with Crippen LogP contribution in [0.1, 0.15) is 58.1 Å². The molecule has 0 saturated carbocycles. The van der Waals surface area contributed by atoms with E-state index in [1.54, 1.807) is 0 Å². The third-order valence-corrected chi connectivity index (χ3v) is 7.81. The van der Waals surface area contributed by atoms with Crippen LogP contribution in [-0.2, 0) is 35.1 Å². The molecule has 205 valence electrons. The van der Waals surface area contributed by atoms with Gasteiger partial charge < -0.3 is 0 Å². The Bertz CT molecular complexity index is 1650. The molecule has 1 heterocycles. The molecule has 1 aliphatic rings. The number of hydrogen-bond acceptors (Lipinski definition) is 3. The summed E-state index contributed by atoms with van der Waals surface area (Å²) in [6.07, 6.45) is 2.26. The number of hydrogen-bond donors (Lipinski definition) is 0. The maximum Gasteiger partial charge on any atom is 0.145 e.